The van der Waals surface area contributed by atoms with Gasteiger partial charge in [0.25, 0.3) is 0 Å². The molecule has 0 aliphatic carbocycles. The van der Waals surface area contributed by atoms with Gasteiger partial charge in [0.1, 0.15) is 11.6 Å². The lowest BCUT2D eigenvalue weighted by Crippen LogP contribution is -2.21. The van der Waals surface area contributed by atoms with Crippen LogP contribution in [-0.2, 0) is 27.4 Å². The summed E-state index contributed by atoms with van der Waals surface area (Å²) >= 11 is 0. The molecule has 0 saturated heterocycles. The molecule has 0 saturated carbocycles. The molecular formula is C30H30F3N7O5S. The number of sulfone groups is 1. The minimum absolute atomic E-state index is 0.00368. The topological polar surface area (TPSA) is 152 Å². The number of carboxylic acids is 1. The molecule has 2 aromatic heterocycles. The van der Waals surface area contributed by atoms with Crippen LogP contribution >= 0.6 is 0 Å². The van der Waals surface area contributed by atoms with Crippen LogP contribution in [0.5, 0.6) is 5.75 Å². The van der Waals surface area contributed by atoms with E-state index in [1.165, 1.54) is 6.26 Å². The number of ether oxygens (including phenoxy) is 1. The van der Waals surface area contributed by atoms with Crippen LogP contribution in [0.1, 0.15) is 5.56 Å². The number of rotatable bonds is 9. The number of hydrogen-bond acceptors (Lipinski definition) is 10. The van der Waals surface area contributed by atoms with E-state index in [-0.39, 0.29) is 5.75 Å². The van der Waals surface area contributed by atoms with Crippen LogP contribution in [-0.4, -0.2) is 65.6 Å². The molecule has 0 atom stereocenters. The van der Waals surface area contributed by atoms with Gasteiger partial charge in [0.2, 0.25) is 11.9 Å². The predicted octanol–water partition coefficient (Wildman–Crippen LogP) is 5.80. The summed E-state index contributed by atoms with van der Waals surface area (Å²) in [7, 11) is 2.47. The highest BCUT2D eigenvalue weighted by atomic mass is 32.2. The average molecular weight is 658 g/mol. The lowest BCUT2D eigenvalue weighted by atomic mass is 10.2. The van der Waals surface area contributed by atoms with Gasteiger partial charge in [-0.2, -0.15) is 18.2 Å². The number of imidazole rings is 1. The van der Waals surface area contributed by atoms with Gasteiger partial charge in [-0.3, -0.25) is 0 Å². The number of anilines is 6. The van der Waals surface area contributed by atoms with E-state index in [0.29, 0.717) is 11.8 Å². The number of alkyl halides is 3. The van der Waals surface area contributed by atoms with Gasteiger partial charge in [0, 0.05) is 43.6 Å². The summed E-state index contributed by atoms with van der Waals surface area (Å²) in [5, 5.41) is 13.7. The van der Waals surface area contributed by atoms with Crippen LogP contribution in [0.4, 0.5) is 47.9 Å². The molecule has 242 valence electrons. The largest absolute Gasteiger partial charge is 0.497 e. The summed E-state index contributed by atoms with van der Waals surface area (Å²) < 4.78 is 62.0. The Balaban J connectivity index is 0.000000617. The van der Waals surface area contributed by atoms with Crippen LogP contribution < -0.4 is 20.3 Å². The molecule has 0 spiro atoms. The third kappa shape index (κ3) is 8.84. The first-order valence-electron chi connectivity index (χ1n) is 13.4. The molecule has 12 nitrogen and oxygen atoms in total. The van der Waals surface area contributed by atoms with Crippen LogP contribution in [0.2, 0.25) is 0 Å². The van der Waals surface area contributed by atoms with Gasteiger partial charge >= 0.3 is 12.1 Å². The van der Waals surface area contributed by atoms with Crippen LogP contribution in [0.3, 0.4) is 0 Å². The Bertz CT molecular complexity index is 1930. The van der Waals surface area contributed by atoms with Crippen LogP contribution in [0, 0.1) is 0 Å². The van der Waals surface area contributed by atoms with Crippen molar-refractivity contribution in [1.82, 2.24) is 19.5 Å². The third-order valence-corrected chi connectivity index (χ3v) is 7.32. The standard InChI is InChI=1S/C28H29N7O3S.C2HF3O2/c1-34(26-15-16-29-27(33-26)30-20-7-5-19(6-8-20)18-39(4,36)37)22-11-14-25-24(17-22)32-28(35(25)2)31-21-9-12-23(38-3)13-10-21;3-2(4,5)1(6)7/h5-17H,18H2,1-4H3,(H,31,32)(H,29,30,33);(H,6,7). The summed E-state index contributed by atoms with van der Waals surface area (Å²) in [5.74, 6) is -0.0977. The molecule has 46 heavy (non-hydrogen) atoms. The Hall–Kier alpha value is -5.38. The van der Waals surface area contributed by atoms with Gasteiger partial charge in [-0.1, -0.05) is 12.1 Å². The first-order chi connectivity index (χ1) is 21.6. The zero-order valence-corrected chi connectivity index (χ0v) is 25.9. The smallest absolute Gasteiger partial charge is 0.490 e. The highest BCUT2D eigenvalue weighted by Crippen LogP contribution is 2.29. The minimum Gasteiger partial charge on any atom is -0.497 e. The van der Waals surface area contributed by atoms with Crippen molar-refractivity contribution in [2.24, 2.45) is 7.05 Å². The van der Waals surface area contributed by atoms with Gasteiger partial charge in [0.05, 0.1) is 23.9 Å². The molecule has 5 aromatic rings. The number of methoxy groups -OCH3 is 1. The number of carboxylic acid groups (broad SMARTS) is 1. The highest BCUT2D eigenvalue weighted by molar-refractivity contribution is 7.89. The predicted molar refractivity (Wildman–Crippen MR) is 169 cm³/mol. The summed E-state index contributed by atoms with van der Waals surface area (Å²) in [6.07, 6.45) is -2.17. The average Bonchev–Trinajstić information content (AvgIpc) is 3.31. The molecule has 0 bridgehead atoms. The molecule has 16 heteroatoms. The number of fused-ring (bicyclic) bond motifs is 1. The number of nitrogens with zero attached hydrogens (tertiary/aromatic N) is 5. The first-order valence-corrected chi connectivity index (χ1v) is 15.5. The fraction of sp³-hybridized carbons (Fsp3) is 0.200. The zero-order chi connectivity index (χ0) is 33.6. The Morgan fingerprint density at radius 2 is 1.59 bits per heavy atom. The van der Waals surface area contributed by atoms with Crippen molar-refractivity contribution >= 4 is 61.6 Å². The summed E-state index contributed by atoms with van der Waals surface area (Å²) in [5.41, 5.74) is 5.17. The van der Waals surface area contributed by atoms with E-state index < -0.39 is 22.0 Å². The van der Waals surface area contributed by atoms with Crippen molar-refractivity contribution in [2.45, 2.75) is 11.9 Å². The van der Waals surface area contributed by atoms with E-state index in [0.717, 1.165) is 45.4 Å². The van der Waals surface area contributed by atoms with E-state index in [9.17, 15) is 21.6 Å². The van der Waals surface area contributed by atoms with Crippen molar-refractivity contribution in [2.75, 3.05) is 35.9 Å². The van der Waals surface area contributed by atoms with Crippen LogP contribution in [0.25, 0.3) is 11.0 Å². The number of halogens is 3. The summed E-state index contributed by atoms with van der Waals surface area (Å²) in [4.78, 5) is 24.7. The number of aryl methyl sites for hydroxylation is 1. The maximum absolute atomic E-state index is 11.5. The van der Waals surface area contributed by atoms with Crippen molar-refractivity contribution in [3.63, 3.8) is 0 Å². The number of carbonyl (C=O) groups is 1. The summed E-state index contributed by atoms with van der Waals surface area (Å²) in [6.45, 7) is 0. The molecular weight excluding hydrogens is 627 g/mol. The highest BCUT2D eigenvalue weighted by Gasteiger charge is 2.38. The van der Waals surface area contributed by atoms with E-state index in [1.54, 1.807) is 25.4 Å². The molecule has 0 radical (unpaired) electrons. The third-order valence-electron chi connectivity index (χ3n) is 6.46. The number of benzene rings is 3. The second-order valence-electron chi connectivity index (χ2n) is 10.0. The Morgan fingerprint density at radius 1 is 0.978 bits per heavy atom. The SMILES string of the molecule is COc1ccc(Nc2nc3cc(N(C)c4ccnc(Nc5ccc(CS(C)(=O)=O)cc5)n4)ccc3n2C)cc1.O=C(O)C(F)(F)F. The second-order valence-corrected chi connectivity index (χ2v) is 12.2. The molecule has 5 rings (SSSR count). The van der Waals surface area contributed by atoms with Crippen LogP contribution in [0.15, 0.2) is 79.0 Å². The number of aromatic nitrogens is 4. The molecule has 3 aromatic carbocycles. The summed E-state index contributed by atoms with van der Waals surface area (Å²) in [6, 6.07) is 22.8. The molecule has 0 aliphatic rings. The molecule has 0 unspecified atom stereocenters. The van der Waals surface area contributed by atoms with E-state index in [2.05, 4.69) is 20.6 Å². The van der Waals surface area contributed by atoms with Gasteiger partial charge in [-0.15, -0.1) is 0 Å². The van der Waals surface area contributed by atoms with E-state index in [4.69, 9.17) is 19.6 Å². The van der Waals surface area contributed by atoms with Crippen molar-refractivity contribution < 1.29 is 36.2 Å². The number of aliphatic carboxylic acids is 1. The monoisotopic (exact) mass is 657 g/mol. The Kier molecular flexibility index (Phi) is 10.00. The molecule has 2 heterocycles. The van der Waals surface area contributed by atoms with Gasteiger partial charge < -0.3 is 29.9 Å². The normalized spacial score (nSPS) is 11.4. The molecule has 0 aliphatic heterocycles. The maximum atomic E-state index is 11.5. The lowest BCUT2D eigenvalue weighted by Gasteiger charge is -2.19. The van der Waals surface area contributed by atoms with Crippen molar-refractivity contribution in [3.8, 4) is 5.75 Å². The van der Waals surface area contributed by atoms with Crippen molar-refractivity contribution in [1.29, 1.82) is 0 Å². The lowest BCUT2D eigenvalue weighted by molar-refractivity contribution is -0.192. The Labute approximate surface area is 262 Å². The fourth-order valence-electron chi connectivity index (χ4n) is 4.16. The molecule has 3 N–H and O–H groups in total. The van der Waals surface area contributed by atoms with Gasteiger partial charge in [-0.05, 0) is 66.2 Å². The maximum Gasteiger partial charge on any atom is 0.490 e. The fourth-order valence-corrected chi connectivity index (χ4v) is 4.95. The minimum atomic E-state index is -5.08. The quantitative estimate of drug-likeness (QED) is 0.176. The molecule has 0 amide bonds. The first kappa shape index (κ1) is 33.5. The van der Waals surface area contributed by atoms with Gasteiger partial charge in [0.15, 0.2) is 9.84 Å². The van der Waals surface area contributed by atoms with Crippen molar-refractivity contribution in [3.05, 3.63) is 84.6 Å². The number of hydrogen-bond donors (Lipinski definition) is 3. The Morgan fingerprint density at radius 3 is 2.17 bits per heavy atom. The molecule has 0 fully saturated rings. The van der Waals surface area contributed by atoms with E-state index >= 15 is 0 Å². The number of nitrogens with one attached hydrogen (secondary N) is 2. The van der Waals surface area contributed by atoms with Gasteiger partial charge in [-0.25, -0.2) is 23.2 Å². The zero-order valence-electron chi connectivity index (χ0n) is 25.1. The second kappa shape index (κ2) is 13.7. The van der Waals surface area contributed by atoms with E-state index in [1.807, 2.05) is 84.2 Å².